The molecule has 4 aromatic rings. The molecule has 2 aromatic heterocycles. The lowest BCUT2D eigenvalue weighted by Gasteiger charge is -2.19. The number of para-hydroxylation sites is 1. The first-order chi connectivity index (χ1) is 17.1. The van der Waals surface area contributed by atoms with E-state index < -0.39 is 0 Å². The van der Waals surface area contributed by atoms with Crippen LogP contribution >= 0.6 is 0 Å². The third-order valence-electron chi connectivity index (χ3n) is 6.12. The Morgan fingerprint density at radius 1 is 1.06 bits per heavy atom. The van der Waals surface area contributed by atoms with Gasteiger partial charge in [0.15, 0.2) is 0 Å². The Morgan fingerprint density at radius 2 is 1.89 bits per heavy atom. The van der Waals surface area contributed by atoms with Crippen LogP contribution in [0.4, 0.5) is 0 Å². The van der Waals surface area contributed by atoms with Crippen LogP contribution in [0.25, 0.3) is 22.6 Å². The molecule has 35 heavy (non-hydrogen) atoms. The fraction of sp³-hybridized carbons (Fsp3) is 0.308. The van der Waals surface area contributed by atoms with E-state index >= 15 is 0 Å². The zero-order valence-corrected chi connectivity index (χ0v) is 19.8. The van der Waals surface area contributed by atoms with Gasteiger partial charge in [-0.05, 0) is 48.9 Å². The molecule has 0 bridgehead atoms. The Labute approximate surface area is 203 Å². The fourth-order valence-corrected chi connectivity index (χ4v) is 4.25. The van der Waals surface area contributed by atoms with Crippen molar-refractivity contribution in [2.45, 2.75) is 32.4 Å². The van der Waals surface area contributed by atoms with Crippen molar-refractivity contribution >= 4 is 5.91 Å². The summed E-state index contributed by atoms with van der Waals surface area (Å²) in [6.07, 6.45) is 1.53. The van der Waals surface area contributed by atoms with Crippen LogP contribution in [0.2, 0.25) is 0 Å². The Hall–Kier alpha value is -4.14. The van der Waals surface area contributed by atoms with E-state index in [-0.39, 0.29) is 5.91 Å². The minimum absolute atomic E-state index is 0.0580. The molecular formula is C26H27N5O4. The number of hydrogen-bond donors (Lipinski definition) is 0. The van der Waals surface area contributed by atoms with Gasteiger partial charge in [0.25, 0.3) is 0 Å². The maximum Gasteiger partial charge on any atom is 0.227 e. The topological polar surface area (TPSA) is 95.5 Å². The number of ether oxygens (including phenoxy) is 2. The Bertz CT molecular complexity index is 1310. The standard InChI is InChI=1S/C26H27N5O4/c1-33-20-10-8-18(9-11-20)22-16-19-17-30(14-5-15-31(19)28-22)25(32)13-12-24-27-26(29-35-24)21-6-3-4-7-23(21)34-2/h3-4,6-11,16H,5,12-15,17H2,1-2H3. The summed E-state index contributed by atoms with van der Waals surface area (Å²) in [7, 11) is 3.25. The molecule has 1 aliphatic heterocycles. The van der Waals surface area contributed by atoms with Crippen molar-refractivity contribution in [1.29, 1.82) is 0 Å². The van der Waals surface area contributed by atoms with Crippen molar-refractivity contribution in [2.24, 2.45) is 0 Å². The highest BCUT2D eigenvalue weighted by atomic mass is 16.5. The predicted molar refractivity (Wildman–Crippen MR) is 129 cm³/mol. The molecule has 0 saturated heterocycles. The highest BCUT2D eigenvalue weighted by Crippen LogP contribution is 2.28. The number of aromatic nitrogens is 4. The number of rotatable bonds is 7. The van der Waals surface area contributed by atoms with Gasteiger partial charge in [-0.3, -0.25) is 9.48 Å². The average Bonchev–Trinajstić information content (AvgIpc) is 3.49. The van der Waals surface area contributed by atoms with Gasteiger partial charge in [0.05, 0.1) is 37.7 Å². The highest BCUT2D eigenvalue weighted by Gasteiger charge is 2.22. The van der Waals surface area contributed by atoms with Crippen LogP contribution in [0, 0.1) is 0 Å². The molecule has 0 fully saturated rings. The van der Waals surface area contributed by atoms with Crippen LogP contribution in [0.1, 0.15) is 24.4 Å². The van der Waals surface area contributed by atoms with E-state index in [1.54, 1.807) is 14.2 Å². The predicted octanol–water partition coefficient (Wildman–Crippen LogP) is 3.98. The van der Waals surface area contributed by atoms with E-state index in [9.17, 15) is 4.79 Å². The number of nitrogens with zero attached hydrogens (tertiary/aromatic N) is 5. The maximum absolute atomic E-state index is 13.0. The molecule has 1 aliphatic rings. The van der Waals surface area contributed by atoms with Crippen LogP contribution in [0.5, 0.6) is 11.5 Å². The van der Waals surface area contributed by atoms with Crippen molar-refractivity contribution in [3.63, 3.8) is 0 Å². The van der Waals surface area contributed by atoms with E-state index in [0.717, 1.165) is 41.2 Å². The quantitative estimate of drug-likeness (QED) is 0.401. The summed E-state index contributed by atoms with van der Waals surface area (Å²) in [6, 6.07) is 17.4. The molecule has 0 unspecified atom stereocenters. The molecule has 2 aromatic carbocycles. The van der Waals surface area contributed by atoms with E-state index in [1.807, 2.05) is 58.1 Å². The molecule has 5 rings (SSSR count). The molecule has 0 saturated carbocycles. The molecule has 3 heterocycles. The lowest BCUT2D eigenvalue weighted by Crippen LogP contribution is -2.30. The number of carbonyl (C=O) groups is 1. The van der Waals surface area contributed by atoms with Crippen LogP contribution in [0.15, 0.2) is 59.1 Å². The lowest BCUT2D eigenvalue weighted by atomic mass is 10.1. The SMILES string of the molecule is COc1ccc(-c2cc3n(n2)CCCN(C(=O)CCc2nc(-c4ccccc4OC)no2)C3)cc1. The Balaban J connectivity index is 1.23. The van der Waals surface area contributed by atoms with Gasteiger partial charge in [-0.2, -0.15) is 10.1 Å². The molecule has 0 spiro atoms. The first-order valence-electron chi connectivity index (χ1n) is 11.6. The third kappa shape index (κ3) is 4.89. The van der Waals surface area contributed by atoms with Gasteiger partial charge in [0, 0.05) is 31.5 Å². The molecule has 180 valence electrons. The molecular weight excluding hydrogens is 446 g/mol. The summed E-state index contributed by atoms with van der Waals surface area (Å²) in [6.45, 7) is 2.00. The molecule has 0 N–H and O–H groups in total. The van der Waals surface area contributed by atoms with Crippen LogP contribution in [-0.2, 0) is 24.3 Å². The first-order valence-corrected chi connectivity index (χ1v) is 11.6. The smallest absolute Gasteiger partial charge is 0.227 e. The minimum Gasteiger partial charge on any atom is -0.497 e. The number of aryl methyl sites for hydroxylation is 2. The number of fused-ring (bicyclic) bond motifs is 1. The number of hydrogen-bond acceptors (Lipinski definition) is 7. The van der Waals surface area contributed by atoms with Crippen molar-refractivity contribution < 1.29 is 18.8 Å². The van der Waals surface area contributed by atoms with Crippen LogP contribution in [-0.4, -0.2) is 51.5 Å². The zero-order valence-electron chi connectivity index (χ0n) is 19.8. The number of benzene rings is 2. The molecule has 0 atom stereocenters. The minimum atomic E-state index is 0.0580. The van der Waals surface area contributed by atoms with E-state index in [2.05, 4.69) is 16.2 Å². The van der Waals surface area contributed by atoms with Crippen molar-refractivity contribution in [3.8, 4) is 34.1 Å². The summed E-state index contributed by atoms with van der Waals surface area (Å²) in [5, 5.41) is 8.83. The summed E-state index contributed by atoms with van der Waals surface area (Å²) in [5.74, 6) is 2.42. The normalized spacial score (nSPS) is 13.3. The Kier molecular flexibility index (Phi) is 6.47. The van der Waals surface area contributed by atoms with Crippen molar-refractivity contribution in [1.82, 2.24) is 24.8 Å². The maximum atomic E-state index is 13.0. The van der Waals surface area contributed by atoms with Gasteiger partial charge < -0.3 is 18.9 Å². The number of methoxy groups -OCH3 is 2. The molecule has 0 radical (unpaired) electrons. The second-order valence-electron chi connectivity index (χ2n) is 8.35. The second-order valence-corrected chi connectivity index (χ2v) is 8.35. The molecule has 1 amide bonds. The van der Waals surface area contributed by atoms with E-state index in [0.29, 0.717) is 43.4 Å². The molecule has 9 heteroatoms. The lowest BCUT2D eigenvalue weighted by molar-refractivity contribution is -0.131. The molecule has 0 aliphatic carbocycles. The number of amides is 1. The largest absolute Gasteiger partial charge is 0.497 e. The molecule has 9 nitrogen and oxygen atoms in total. The van der Waals surface area contributed by atoms with Crippen molar-refractivity contribution in [2.75, 3.05) is 20.8 Å². The van der Waals surface area contributed by atoms with E-state index in [1.165, 1.54) is 0 Å². The summed E-state index contributed by atoms with van der Waals surface area (Å²) >= 11 is 0. The zero-order chi connectivity index (χ0) is 24.2. The third-order valence-corrected chi connectivity index (χ3v) is 6.12. The van der Waals surface area contributed by atoms with Gasteiger partial charge in [-0.15, -0.1) is 0 Å². The monoisotopic (exact) mass is 473 g/mol. The van der Waals surface area contributed by atoms with Gasteiger partial charge in [-0.1, -0.05) is 17.3 Å². The first kappa shape index (κ1) is 22.6. The summed E-state index contributed by atoms with van der Waals surface area (Å²) in [4.78, 5) is 19.4. The second kappa shape index (κ2) is 10.0. The van der Waals surface area contributed by atoms with Gasteiger partial charge in [-0.25, -0.2) is 0 Å². The van der Waals surface area contributed by atoms with Crippen LogP contribution < -0.4 is 9.47 Å². The summed E-state index contributed by atoms with van der Waals surface area (Å²) < 4.78 is 18.0. The highest BCUT2D eigenvalue weighted by molar-refractivity contribution is 5.76. The Morgan fingerprint density at radius 3 is 2.69 bits per heavy atom. The summed E-state index contributed by atoms with van der Waals surface area (Å²) in [5.41, 5.74) is 3.70. The van der Waals surface area contributed by atoms with Crippen molar-refractivity contribution in [3.05, 3.63) is 66.2 Å². The van der Waals surface area contributed by atoms with E-state index in [4.69, 9.17) is 19.1 Å². The van der Waals surface area contributed by atoms with Gasteiger partial charge in [0.2, 0.25) is 17.6 Å². The van der Waals surface area contributed by atoms with Gasteiger partial charge >= 0.3 is 0 Å². The van der Waals surface area contributed by atoms with Gasteiger partial charge in [0.1, 0.15) is 11.5 Å². The average molecular weight is 474 g/mol. The number of carbonyl (C=O) groups excluding carboxylic acids is 1. The van der Waals surface area contributed by atoms with Crippen LogP contribution in [0.3, 0.4) is 0 Å². The fourth-order valence-electron chi connectivity index (χ4n) is 4.25.